The lowest BCUT2D eigenvalue weighted by molar-refractivity contribution is -0.123. The van der Waals surface area contributed by atoms with Crippen LogP contribution in [0.5, 0.6) is 0 Å². The van der Waals surface area contributed by atoms with Gasteiger partial charge in [0, 0.05) is 6.54 Å². The molecule has 17 heavy (non-hydrogen) atoms. The Morgan fingerprint density at radius 2 is 2.00 bits per heavy atom. The Kier molecular flexibility index (Phi) is 4.57. The molecule has 3 N–H and O–H groups in total. The Balaban J connectivity index is 2.56. The van der Waals surface area contributed by atoms with E-state index in [4.69, 9.17) is 5.73 Å². The predicted molar refractivity (Wildman–Crippen MR) is 61.0 cm³/mol. The van der Waals surface area contributed by atoms with E-state index in [1.807, 2.05) is 13.8 Å². The van der Waals surface area contributed by atoms with Crippen LogP contribution >= 0.6 is 0 Å². The normalized spacial score (nSPS) is 12.6. The van der Waals surface area contributed by atoms with Crippen molar-refractivity contribution in [3.05, 3.63) is 35.4 Å². The lowest BCUT2D eigenvalue weighted by Crippen LogP contribution is -2.43. The molecule has 0 saturated heterocycles. The Labute approximate surface area is 99.0 Å². The van der Waals surface area contributed by atoms with Gasteiger partial charge in [-0.2, -0.15) is 0 Å². The van der Waals surface area contributed by atoms with Crippen molar-refractivity contribution in [3.63, 3.8) is 0 Å². The number of nitrogens with one attached hydrogen (secondary N) is 1. The molecule has 0 aliphatic heterocycles. The van der Waals surface area contributed by atoms with Gasteiger partial charge in [-0.1, -0.05) is 19.9 Å². The molecule has 0 fully saturated rings. The number of nitrogens with two attached hydrogens (primary N) is 1. The first-order valence-electron chi connectivity index (χ1n) is 5.39. The minimum atomic E-state index is -0.926. The summed E-state index contributed by atoms with van der Waals surface area (Å²) in [5.41, 5.74) is 6.13. The van der Waals surface area contributed by atoms with Crippen LogP contribution in [-0.2, 0) is 11.3 Å². The average Bonchev–Trinajstić information content (AvgIpc) is 2.29. The molecule has 0 radical (unpaired) electrons. The van der Waals surface area contributed by atoms with Gasteiger partial charge in [0.05, 0.1) is 6.04 Å². The van der Waals surface area contributed by atoms with Gasteiger partial charge in [-0.3, -0.25) is 4.79 Å². The van der Waals surface area contributed by atoms with Gasteiger partial charge in [0.1, 0.15) is 0 Å². The maximum absolute atomic E-state index is 12.9. The van der Waals surface area contributed by atoms with Crippen molar-refractivity contribution in [3.8, 4) is 0 Å². The number of hydrogen-bond acceptors (Lipinski definition) is 2. The number of rotatable bonds is 4. The van der Waals surface area contributed by atoms with Gasteiger partial charge in [-0.15, -0.1) is 0 Å². The van der Waals surface area contributed by atoms with Crippen LogP contribution in [0.15, 0.2) is 18.2 Å². The molecule has 1 aromatic rings. The molecule has 94 valence electrons. The summed E-state index contributed by atoms with van der Waals surface area (Å²) in [5.74, 6) is -2.10. The third-order valence-corrected chi connectivity index (χ3v) is 2.47. The van der Waals surface area contributed by atoms with Crippen molar-refractivity contribution in [2.75, 3.05) is 0 Å². The van der Waals surface area contributed by atoms with E-state index in [0.717, 1.165) is 12.1 Å². The fraction of sp³-hybridized carbons (Fsp3) is 0.417. The smallest absolute Gasteiger partial charge is 0.237 e. The van der Waals surface area contributed by atoms with E-state index in [1.54, 1.807) is 0 Å². The lowest BCUT2D eigenvalue weighted by atomic mass is 10.0. The summed E-state index contributed by atoms with van der Waals surface area (Å²) < 4.78 is 25.5. The summed E-state index contributed by atoms with van der Waals surface area (Å²) in [6.07, 6.45) is 0. The van der Waals surface area contributed by atoms with Crippen LogP contribution < -0.4 is 11.1 Å². The van der Waals surface area contributed by atoms with Crippen LogP contribution in [0.25, 0.3) is 0 Å². The summed E-state index contributed by atoms with van der Waals surface area (Å²) in [5, 5.41) is 2.57. The largest absolute Gasteiger partial charge is 0.351 e. The summed E-state index contributed by atoms with van der Waals surface area (Å²) >= 11 is 0. The highest BCUT2D eigenvalue weighted by Crippen LogP contribution is 2.08. The number of hydrogen-bond donors (Lipinski definition) is 2. The molecule has 0 aromatic heterocycles. The molecule has 0 bridgehead atoms. The fourth-order valence-electron chi connectivity index (χ4n) is 1.26. The first-order chi connectivity index (χ1) is 7.91. The SMILES string of the molecule is CC(C)[C@H](N)C(=O)NCc1ccc(F)c(F)c1. The van der Waals surface area contributed by atoms with Crippen molar-refractivity contribution in [2.45, 2.75) is 26.4 Å². The van der Waals surface area contributed by atoms with Crippen molar-refractivity contribution in [1.29, 1.82) is 0 Å². The van der Waals surface area contributed by atoms with Crippen molar-refractivity contribution in [1.82, 2.24) is 5.32 Å². The molecule has 0 heterocycles. The summed E-state index contributed by atoms with van der Waals surface area (Å²) in [6.45, 7) is 3.81. The highest BCUT2D eigenvalue weighted by Gasteiger charge is 2.16. The van der Waals surface area contributed by atoms with Crippen molar-refractivity contribution >= 4 is 5.91 Å². The van der Waals surface area contributed by atoms with Gasteiger partial charge >= 0.3 is 0 Å². The molecule has 0 spiro atoms. The number of carbonyl (C=O) groups is 1. The van der Waals surface area contributed by atoms with Crippen LogP contribution in [-0.4, -0.2) is 11.9 Å². The minimum Gasteiger partial charge on any atom is -0.351 e. The minimum absolute atomic E-state index is 0.0277. The van der Waals surface area contributed by atoms with E-state index in [1.165, 1.54) is 6.07 Å². The quantitative estimate of drug-likeness (QED) is 0.842. The zero-order valence-electron chi connectivity index (χ0n) is 9.84. The molecule has 1 amide bonds. The molecule has 1 atom stereocenters. The molecule has 0 unspecified atom stereocenters. The average molecular weight is 242 g/mol. The molecule has 1 rings (SSSR count). The zero-order chi connectivity index (χ0) is 13.0. The number of amides is 1. The van der Waals surface area contributed by atoms with E-state index in [-0.39, 0.29) is 18.4 Å². The van der Waals surface area contributed by atoms with Crippen LogP contribution in [0.4, 0.5) is 8.78 Å². The van der Waals surface area contributed by atoms with Gasteiger partial charge in [0.25, 0.3) is 0 Å². The van der Waals surface area contributed by atoms with Gasteiger partial charge in [-0.25, -0.2) is 8.78 Å². The van der Waals surface area contributed by atoms with Crippen LogP contribution in [0.2, 0.25) is 0 Å². The topological polar surface area (TPSA) is 55.1 Å². The molecular weight excluding hydrogens is 226 g/mol. The summed E-state index contributed by atoms with van der Waals surface area (Å²) in [4.78, 5) is 11.5. The van der Waals surface area contributed by atoms with Crippen LogP contribution in [0.3, 0.4) is 0 Å². The molecule has 1 aromatic carbocycles. The van der Waals surface area contributed by atoms with Crippen molar-refractivity contribution in [2.24, 2.45) is 11.7 Å². The Morgan fingerprint density at radius 3 is 2.53 bits per heavy atom. The summed E-state index contributed by atoms with van der Waals surface area (Å²) in [7, 11) is 0. The predicted octanol–water partition coefficient (Wildman–Crippen LogP) is 1.56. The van der Waals surface area contributed by atoms with Gasteiger partial charge in [-0.05, 0) is 23.6 Å². The Morgan fingerprint density at radius 1 is 1.35 bits per heavy atom. The van der Waals surface area contributed by atoms with Gasteiger partial charge < -0.3 is 11.1 Å². The van der Waals surface area contributed by atoms with Crippen LogP contribution in [0.1, 0.15) is 19.4 Å². The number of halogens is 2. The maximum Gasteiger partial charge on any atom is 0.237 e. The third-order valence-electron chi connectivity index (χ3n) is 2.47. The Bertz CT molecular complexity index is 407. The first-order valence-corrected chi connectivity index (χ1v) is 5.39. The molecule has 0 aliphatic carbocycles. The first kappa shape index (κ1) is 13.6. The van der Waals surface area contributed by atoms with Gasteiger partial charge in [0.2, 0.25) is 5.91 Å². The Hall–Kier alpha value is -1.49. The molecule has 0 aliphatic rings. The maximum atomic E-state index is 12.9. The molecule has 3 nitrogen and oxygen atoms in total. The molecular formula is C12H16F2N2O. The third kappa shape index (κ3) is 3.78. The number of benzene rings is 1. The van der Waals surface area contributed by atoms with E-state index < -0.39 is 17.7 Å². The second-order valence-corrected chi connectivity index (χ2v) is 4.24. The lowest BCUT2D eigenvalue weighted by Gasteiger charge is -2.15. The highest BCUT2D eigenvalue weighted by molar-refractivity contribution is 5.81. The fourth-order valence-corrected chi connectivity index (χ4v) is 1.26. The summed E-state index contributed by atoms with van der Waals surface area (Å²) in [6, 6.07) is 2.90. The van der Waals surface area contributed by atoms with E-state index >= 15 is 0 Å². The second kappa shape index (κ2) is 5.72. The van der Waals surface area contributed by atoms with Crippen LogP contribution in [0, 0.1) is 17.6 Å². The van der Waals surface area contributed by atoms with Gasteiger partial charge in [0.15, 0.2) is 11.6 Å². The number of carbonyl (C=O) groups excluding carboxylic acids is 1. The molecule has 0 saturated carbocycles. The monoisotopic (exact) mass is 242 g/mol. The zero-order valence-corrected chi connectivity index (χ0v) is 9.84. The van der Waals surface area contributed by atoms with E-state index in [2.05, 4.69) is 5.32 Å². The highest BCUT2D eigenvalue weighted by atomic mass is 19.2. The molecule has 5 heteroatoms. The standard InChI is InChI=1S/C12H16F2N2O/c1-7(2)11(15)12(17)16-6-8-3-4-9(13)10(14)5-8/h3-5,7,11H,6,15H2,1-2H3,(H,16,17)/t11-/m0/s1. The van der Waals surface area contributed by atoms with E-state index in [9.17, 15) is 13.6 Å². The van der Waals surface area contributed by atoms with Crippen molar-refractivity contribution < 1.29 is 13.6 Å². The second-order valence-electron chi connectivity index (χ2n) is 4.24. The van der Waals surface area contributed by atoms with E-state index in [0.29, 0.717) is 5.56 Å².